The molecule has 0 aliphatic rings. The number of nitrogens with zero attached hydrogens (tertiary/aromatic N) is 4. The van der Waals surface area contributed by atoms with Crippen LogP contribution in [-0.4, -0.2) is 30.4 Å². The number of imidazole rings is 1. The molecule has 2 aromatic heterocycles. The molecule has 8 nitrogen and oxygen atoms in total. The molecule has 0 bridgehead atoms. The second-order valence-corrected chi connectivity index (χ2v) is 7.75. The summed E-state index contributed by atoms with van der Waals surface area (Å²) in [5.41, 5.74) is -0.680. The van der Waals surface area contributed by atoms with E-state index in [2.05, 4.69) is 11.6 Å². The van der Waals surface area contributed by atoms with Crippen LogP contribution >= 0.6 is 0 Å². The molecule has 2 aromatic carbocycles. The highest BCUT2D eigenvalue weighted by Crippen LogP contribution is 2.33. The highest BCUT2D eigenvalue weighted by atomic mass is 19.4. The molecule has 4 rings (SSSR count). The van der Waals surface area contributed by atoms with Crippen LogP contribution in [0.5, 0.6) is 11.8 Å². The standard InChI is InChI=1S/C24H21F3N4O4/c1-3-15-7-9-16(10-8-15)14-31-19-20(29(2)23(34)30(11-12-32)21(19)33)28-22(31)35-18-6-4-5-17(13-18)24(25,26)27/h3-10,13,32H,1,11-12,14H2,2H3. The van der Waals surface area contributed by atoms with Crippen molar-refractivity contribution in [2.24, 2.45) is 7.05 Å². The lowest BCUT2D eigenvalue weighted by Crippen LogP contribution is -2.40. The van der Waals surface area contributed by atoms with Gasteiger partial charge in [0.05, 0.1) is 25.3 Å². The number of hydrogen-bond acceptors (Lipinski definition) is 5. The fourth-order valence-electron chi connectivity index (χ4n) is 3.66. The van der Waals surface area contributed by atoms with E-state index in [4.69, 9.17) is 4.74 Å². The quantitative estimate of drug-likeness (QED) is 0.433. The summed E-state index contributed by atoms with van der Waals surface area (Å²) >= 11 is 0. The number of alkyl halides is 3. The van der Waals surface area contributed by atoms with Gasteiger partial charge in [-0.1, -0.05) is 43.0 Å². The van der Waals surface area contributed by atoms with E-state index in [1.807, 2.05) is 12.1 Å². The molecule has 0 saturated carbocycles. The summed E-state index contributed by atoms with van der Waals surface area (Å²) in [6, 6.07) is 11.3. The Kier molecular flexibility index (Phi) is 6.35. The van der Waals surface area contributed by atoms with Gasteiger partial charge in [-0.05, 0) is 29.3 Å². The molecule has 0 radical (unpaired) electrons. The topological polar surface area (TPSA) is 91.3 Å². The third-order valence-electron chi connectivity index (χ3n) is 5.45. The van der Waals surface area contributed by atoms with Crippen LogP contribution in [0.2, 0.25) is 0 Å². The van der Waals surface area contributed by atoms with Gasteiger partial charge in [0, 0.05) is 7.05 Å². The second kappa shape index (κ2) is 9.26. The number of aromatic nitrogens is 4. The van der Waals surface area contributed by atoms with E-state index in [0.717, 1.165) is 32.4 Å². The lowest BCUT2D eigenvalue weighted by atomic mass is 10.1. The minimum absolute atomic E-state index is 0.00104. The van der Waals surface area contributed by atoms with Crippen LogP contribution in [-0.2, 0) is 26.3 Å². The lowest BCUT2D eigenvalue weighted by Gasteiger charge is -2.12. The molecule has 0 spiro atoms. The van der Waals surface area contributed by atoms with Crippen molar-refractivity contribution in [1.82, 2.24) is 18.7 Å². The zero-order chi connectivity index (χ0) is 25.3. The maximum absolute atomic E-state index is 13.2. The first-order chi connectivity index (χ1) is 16.6. The molecule has 35 heavy (non-hydrogen) atoms. The first-order valence-corrected chi connectivity index (χ1v) is 10.5. The number of rotatable bonds is 7. The van der Waals surface area contributed by atoms with Crippen molar-refractivity contribution in [3.05, 3.63) is 92.6 Å². The van der Waals surface area contributed by atoms with Crippen molar-refractivity contribution in [2.75, 3.05) is 6.61 Å². The SMILES string of the molecule is C=Cc1ccc(Cn2c(Oc3cccc(C(F)(F)F)c3)nc3c2c(=O)n(CCO)c(=O)n3C)cc1. The number of benzene rings is 2. The van der Waals surface area contributed by atoms with Gasteiger partial charge in [0.1, 0.15) is 5.75 Å². The van der Waals surface area contributed by atoms with E-state index in [1.54, 1.807) is 18.2 Å². The van der Waals surface area contributed by atoms with E-state index in [0.29, 0.717) is 0 Å². The van der Waals surface area contributed by atoms with E-state index >= 15 is 0 Å². The fourth-order valence-corrected chi connectivity index (χ4v) is 3.66. The summed E-state index contributed by atoms with van der Waals surface area (Å²) in [6.45, 7) is 3.11. The summed E-state index contributed by atoms with van der Waals surface area (Å²) in [6.07, 6.45) is -2.91. The smallest absolute Gasteiger partial charge is 0.416 e. The Morgan fingerprint density at radius 3 is 2.46 bits per heavy atom. The predicted molar refractivity (Wildman–Crippen MR) is 123 cm³/mol. The van der Waals surface area contributed by atoms with Crippen molar-refractivity contribution in [3.8, 4) is 11.8 Å². The molecule has 11 heteroatoms. The first-order valence-electron chi connectivity index (χ1n) is 10.5. The van der Waals surface area contributed by atoms with Gasteiger partial charge >= 0.3 is 17.9 Å². The number of aliphatic hydroxyl groups excluding tert-OH is 1. The minimum atomic E-state index is -4.58. The highest BCUT2D eigenvalue weighted by Gasteiger charge is 2.31. The first kappa shape index (κ1) is 24.0. The Bertz CT molecular complexity index is 1520. The van der Waals surface area contributed by atoms with Gasteiger partial charge in [0.15, 0.2) is 11.2 Å². The molecule has 4 aromatic rings. The Balaban J connectivity index is 1.92. The molecule has 0 aliphatic heterocycles. The Morgan fingerprint density at radius 2 is 1.83 bits per heavy atom. The molecule has 1 N–H and O–H groups in total. The number of halogens is 3. The van der Waals surface area contributed by atoms with Gasteiger partial charge in [-0.15, -0.1) is 0 Å². The van der Waals surface area contributed by atoms with Crippen LogP contribution in [0.25, 0.3) is 17.2 Å². The number of ether oxygens (including phenoxy) is 1. The van der Waals surface area contributed by atoms with E-state index < -0.39 is 29.6 Å². The molecule has 0 saturated heterocycles. The van der Waals surface area contributed by atoms with Crippen LogP contribution < -0.4 is 16.0 Å². The third-order valence-corrected chi connectivity index (χ3v) is 5.45. The van der Waals surface area contributed by atoms with Gasteiger partial charge in [-0.2, -0.15) is 18.2 Å². The zero-order valence-corrected chi connectivity index (χ0v) is 18.6. The summed E-state index contributed by atoms with van der Waals surface area (Å²) in [5.74, 6) is -0.140. The summed E-state index contributed by atoms with van der Waals surface area (Å²) in [4.78, 5) is 30.1. The molecular weight excluding hydrogens is 465 g/mol. The Morgan fingerprint density at radius 1 is 1.11 bits per heavy atom. The van der Waals surface area contributed by atoms with Gasteiger partial charge in [0.25, 0.3) is 5.56 Å². The third kappa shape index (κ3) is 4.62. The van der Waals surface area contributed by atoms with E-state index in [-0.39, 0.29) is 36.0 Å². The van der Waals surface area contributed by atoms with Crippen LogP contribution in [0.15, 0.2) is 64.7 Å². The number of aryl methyl sites for hydroxylation is 1. The monoisotopic (exact) mass is 486 g/mol. The van der Waals surface area contributed by atoms with Gasteiger partial charge in [-0.3, -0.25) is 18.5 Å². The summed E-state index contributed by atoms with van der Waals surface area (Å²) in [7, 11) is 1.41. The van der Waals surface area contributed by atoms with Crippen LogP contribution in [0.4, 0.5) is 13.2 Å². The van der Waals surface area contributed by atoms with Gasteiger partial charge in [0.2, 0.25) is 0 Å². The molecular formula is C24H21F3N4O4. The lowest BCUT2D eigenvalue weighted by molar-refractivity contribution is -0.137. The predicted octanol–water partition coefficient (Wildman–Crippen LogP) is 3.39. The van der Waals surface area contributed by atoms with Gasteiger partial charge in [-0.25, -0.2) is 4.79 Å². The molecule has 182 valence electrons. The van der Waals surface area contributed by atoms with E-state index in [1.165, 1.54) is 23.7 Å². The van der Waals surface area contributed by atoms with Crippen molar-refractivity contribution < 1.29 is 23.0 Å². The van der Waals surface area contributed by atoms with Gasteiger partial charge < -0.3 is 9.84 Å². The normalized spacial score (nSPS) is 11.7. The van der Waals surface area contributed by atoms with E-state index in [9.17, 15) is 27.9 Å². The van der Waals surface area contributed by atoms with Crippen molar-refractivity contribution in [2.45, 2.75) is 19.3 Å². The average molecular weight is 486 g/mol. The fraction of sp³-hybridized carbons (Fsp3) is 0.208. The summed E-state index contributed by atoms with van der Waals surface area (Å²) < 4.78 is 48.7. The molecule has 0 atom stereocenters. The molecule has 0 aliphatic carbocycles. The number of hydrogen-bond donors (Lipinski definition) is 1. The van der Waals surface area contributed by atoms with Crippen LogP contribution in [0, 0.1) is 0 Å². The largest absolute Gasteiger partial charge is 0.425 e. The zero-order valence-electron chi connectivity index (χ0n) is 18.6. The Labute approximate surface area is 196 Å². The van der Waals surface area contributed by atoms with Crippen molar-refractivity contribution in [1.29, 1.82) is 0 Å². The molecule has 0 fully saturated rings. The minimum Gasteiger partial charge on any atom is -0.425 e. The van der Waals surface area contributed by atoms with Crippen molar-refractivity contribution >= 4 is 17.2 Å². The maximum atomic E-state index is 13.2. The Hall–Kier alpha value is -4.12. The number of fused-ring (bicyclic) bond motifs is 1. The summed E-state index contributed by atoms with van der Waals surface area (Å²) in [5, 5.41) is 9.32. The van der Waals surface area contributed by atoms with Crippen molar-refractivity contribution in [3.63, 3.8) is 0 Å². The highest BCUT2D eigenvalue weighted by molar-refractivity contribution is 5.72. The molecule has 0 unspecified atom stereocenters. The molecule has 2 heterocycles. The maximum Gasteiger partial charge on any atom is 0.416 e. The average Bonchev–Trinajstić information content (AvgIpc) is 3.18. The van der Waals surface area contributed by atoms with Crippen LogP contribution in [0.1, 0.15) is 16.7 Å². The molecule has 0 amide bonds. The number of aliphatic hydroxyl groups is 1. The van der Waals surface area contributed by atoms with Crippen LogP contribution in [0.3, 0.4) is 0 Å². The second-order valence-electron chi connectivity index (χ2n) is 7.75.